The predicted octanol–water partition coefficient (Wildman–Crippen LogP) is 11.0. The highest BCUT2D eigenvalue weighted by atomic mass is 16.6. The molecule has 2 aliphatic rings. The number of nitrogens with zero attached hydrogens (tertiary/aromatic N) is 9. The van der Waals surface area contributed by atoms with Gasteiger partial charge in [-0.3, -0.25) is 19.9 Å². The molecule has 10 aromatic rings. The molecule has 0 bridgehead atoms. The van der Waals surface area contributed by atoms with Crippen molar-refractivity contribution in [1.82, 2.24) is 50.1 Å². The van der Waals surface area contributed by atoms with Gasteiger partial charge in [-0.1, -0.05) is 39.1 Å². The van der Waals surface area contributed by atoms with Crippen LogP contribution in [0.3, 0.4) is 0 Å². The number of aliphatic hydroxyl groups is 1. The summed E-state index contributed by atoms with van der Waals surface area (Å²) in [6.45, 7) is 12.7. The topological polar surface area (TPSA) is 177 Å². The first-order valence-corrected chi connectivity index (χ1v) is 23.9. The number of hydrogen-bond donors (Lipinski definition) is 4. The predicted molar refractivity (Wildman–Crippen MR) is 297 cm³/mol. The highest BCUT2D eigenvalue weighted by Crippen LogP contribution is 2.34. The minimum absolute atomic E-state index is 0. The van der Waals surface area contributed by atoms with Crippen LogP contribution in [0.4, 0.5) is 16.2 Å². The number of benzene rings is 2. The average molecular weight is 977 g/mol. The van der Waals surface area contributed by atoms with E-state index in [0.717, 1.165) is 135 Å². The Morgan fingerprint density at radius 3 is 1.40 bits per heavy atom. The summed E-state index contributed by atoms with van der Waals surface area (Å²) in [4.78, 5) is 52.7. The van der Waals surface area contributed by atoms with Crippen LogP contribution in [0.1, 0.15) is 35.6 Å². The number of piperazine rings is 2. The van der Waals surface area contributed by atoms with Crippen molar-refractivity contribution in [2.75, 3.05) is 69.3 Å². The molecule has 374 valence electrons. The minimum Gasteiger partial charge on any atom is -0.444 e. The van der Waals surface area contributed by atoms with Gasteiger partial charge in [-0.2, -0.15) is 0 Å². The maximum absolute atomic E-state index is 12.4. The molecule has 1 amide bonds. The van der Waals surface area contributed by atoms with Crippen molar-refractivity contribution < 1.29 is 14.6 Å². The molecule has 2 saturated heterocycles. The molecule has 2 fully saturated rings. The van der Waals surface area contributed by atoms with Crippen LogP contribution >= 0.6 is 0 Å². The van der Waals surface area contributed by atoms with E-state index < -0.39 is 5.60 Å². The zero-order valence-corrected chi connectivity index (χ0v) is 40.3. The van der Waals surface area contributed by atoms with Crippen LogP contribution in [0.25, 0.3) is 88.6 Å². The number of aliphatic hydroxyl groups excluding tert-OH is 1. The van der Waals surface area contributed by atoms with Crippen molar-refractivity contribution in [2.45, 2.75) is 41.2 Å². The van der Waals surface area contributed by atoms with Crippen molar-refractivity contribution in [3.8, 4) is 44.8 Å². The average Bonchev–Trinajstić information content (AvgIpc) is 3.99. The summed E-state index contributed by atoms with van der Waals surface area (Å²) in [6, 6.07) is 33.9. The number of hydrogen-bond acceptors (Lipinski definition) is 12. The summed E-state index contributed by atoms with van der Waals surface area (Å²) in [5.41, 5.74) is 13.8. The van der Waals surface area contributed by atoms with E-state index in [9.17, 15) is 4.79 Å². The summed E-state index contributed by atoms with van der Waals surface area (Å²) in [5, 5.41) is 14.8. The molecule has 0 radical (unpaired) electrons. The molecule has 2 aliphatic heterocycles. The summed E-state index contributed by atoms with van der Waals surface area (Å²) in [6.07, 6.45) is 14.5. The standard InChI is InChI=1S/C30H30N6O2.C25H22N6.CH4O.2CH4/c1-30(2,3)38-29(37)36-13-11-35(12-14-36)23-8-6-20(7-9-23)22-15-25-24-16-26(21-5-4-10-31-17-21)32-19-27(24)34-28(25)33-18-22;1-2-18(14-27-7-1)23-13-21-22-12-19(15-29-25(22)30-24(21)16-28-23)17-3-5-20(6-4-17)31-10-8-26-9-11-31;1-2;;/h4-10,15-19H,11-14H2,1-3H3,(H,33,34);1-7,12-16,26H,8-11H2,(H,29,30);2H,1H3;2*1H4. The van der Waals surface area contributed by atoms with Crippen LogP contribution < -0.4 is 15.1 Å². The van der Waals surface area contributed by atoms with Crippen LogP contribution in [0, 0.1) is 0 Å². The quantitative estimate of drug-likeness (QED) is 0.124. The van der Waals surface area contributed by atoms with E-state index >= 15 is 0 Å². The van der Waals surface area contributed by atoms with Gasteiger partial charge in [0.05, 0.1) is 34.8 Å². The number of aromatic amines is 2. The third kappa shape index (κ3) is 11.3. The first-order chi connectivity index (χ1) is 34.7. The van der Waals surface area contributed by atoms with Gasteiger partial charge in [0.15, 0.2) is 0 Å². The van der Waals surface area contributed by atoms with E-state index in [-0.39, 0.29) is 20.9 Å². The molecule has 0 aliphatic carbocycles. The SMILES string of the molecule is C.C.CC(C)(C)OC(=O)N1CCN(c2ccc(-c3cnc4[nH]c5cnc(-c6cccnc6)cc5c4c3)cc2)CC1.CO.c1cncc(-c2cc3c(cn2)[nH]c2ncc(-c4ccc(N5CCNCC5)cc4)cc23)c1. The van der Waals surface area contributed by atoms with E-state index in [0.29, 0.717) is 13.1 Å². The summed E-state index contributed by atoms with van der Waals surface area (Å²) in [5.74, 6) is 0. The molecule has 12 rings (SSSR count). The lowest BCUT2D eigenvalue weighted by Gasteiger charge is -2.36. The number of H-pyrrole nitrogens is 2. The number of pyridine rings is 6. The maximum Gasteiger partial charge on any atom is 0.410 e. The Labute approximate surface area is 426 Å². The number of carbonyl (C=O) groups is 1. The molecule has 8 aromatic heterocycles. The van der Waals surface area contributed by atoms with Gasteiger partial charge < -0.3 is 39.8 Å². The highest BCUT2D eigenvalue weighted by Gasteiger charge is 2.26. The van der Waals surface area contributed by atoms with Gasteiger partial charge in [0.1, 0.15) is 16.9 Å². The Morgan fingerprint density at radius 1 is 0.521 bits per heavy atom. The molecule has 0 unspecified atom stereocenters. The Balaban J connectivity index is 0.000000187. The Hall–Kier alpha value is -8.27. The molecule has 15 nitrogen and oxygen atoms in total. The molecule has 73 heavy (non-hydrogen) atoms. The number of nitrogens with one attached hydrogen (secondary N) is 3. The van der Waals surface area contributed by atoms with Crippen LogP contribution in [-0.4, -0.2) is 121 Å². The fraction of sp³-hybridized carbons (Fsp3) is 0.259. The van der Waals surface area contributed by atoms with E-state index in [4.69, 9.17) is 19.8 Å². The van der Waals surface area contributed by atoms with E-state index in [2.05, 4.69) is 118 Å². The zero-order valence-electron chi connectivity index (χ0n) is 40.3. The summed E-state index contributed by atoms with van der Waals surface area (Å²) in [7, 11) is 1.00. The van der Waals surface area contributed by atoms with Crippen molar-refractivity contribution >= 4 is 61.3 Å². The van der Waals surface area contributed by atoms with Gasteiger partial charge in [0.2, 0.25) is 0 Å². The smallest absolute Gasteiger partial charge is 0.410 e. The first-order valence-electron chi connectivity index (χ1n) is 23.9. The second-order valence-electron chi connectivity index (χ2n) is 18.5. The molecule has 0 atom stereocenters. The summed E-state index contributed by atoms with van der Waals surface area (Å²) < 4.78 is 5.52. The van der Waals surface area contributed by atoms with E-state index in [1.54, 1.807) is 17.3 Å². The largest absolute Gasteiger partial charge is 0.444 e. The van der Waals surface area contributed by atoms with Crippen LogP contribution in [-0.2, 0) is 4.74 Å². The van der Waals surface area contributed by atoms with Gasteiger partial charge >= 0.3 is 6.09 Å². The Morgan fingerprint density at radius 2 is 0.973 bits per heavy atom. The Kier molecular flexibility index (Phi) is 15.7. The molecule has 0 spiro atoms. The normalized spacial score (nSPS) is 13.6. The third-order valence-corrected chi connectivity index (χ3v) is 12.8. The second-order valence-corrected chi connectivity index (χ2v) is 18.5. The van der Waals surface area contributed by atoms with Gasteiger partial charge in [-0.05, 0) is 105 Å². The number of rotatable bonds is 6. The number of amides is 1. The lowest BCUT2D eigenvalue weighted by Crippen LogP contribution is -2.50. The molecular weight excluding hydrogens is 913 g/mol. The van der Waals surface area contributed by atoms with Gasteiger partial charge in [0.25, 0.3) is 0 Å². The van der Waals surface area contributed by atoms with Crippen LogP contribution in [0.5, 0.6) is 0 Å². The van der Waals surface area contributed by atoms with Crippen LogP contribution in [0.15, 0.2) is 147 Å². The van der Waals surface area contributed by atoms with Crippen molar-refractivity contribution in [1.29, 1.82) is 0 Å². The zero-order chi connectivity index (χ0) is 48.9. The number of anilines is 2. The van der Waals surface area contributed by atoms with Crippen molar-refractivity contribution in [3.63, 3.8) is 0 Å². The minimum atomic E-state index is -0.479. The first kappa shape index (κ1) is 51.1. The number of fused-ring (bicyclic) bond motifs is 6. The Bertz CT molecular complexity index is 3420. The fourth-order valence-corrected chi connectivity index (χ4v) is 9.14. The number of ether oxygens (including phenoxy) is 1. The van der Waals surface area contributed by atoms with E-state index in [1.165, 1.54) is 11.3 Å². The van der Waals surface area contributed by atoms with Gasteiger partial charge in [-0.15, -0.1) is 0 Å². The number of aromatic nitrogens is 8. The molecule has 15 heteroatoms. The third-order valence-electron chi connectivity index (χ3n) is 12.8. The second kappa shape index (κ2) is 22.4. The molecule has 0 saturated carbocycles. The van der Waals surface area contributed by atoms with Crippen molar-refractivity contribution in [2.24, 2.45) is 0 Å². The maximum atomic E-state index is 12.4. The molecule has 2 aromatic carbocycles. The molecule has 4 N–H and O–H groups in total. The van der Waals surface area contributed by atoms with Gasteiger partial charge in [-0.25, -0.2) is 14.8 Å². The fourth-order valence-electron chi connectivity index (χ4n) is 9.14. The molecular formula is C58H64N12O3. The van der Waals surface area contributed by atoms with Crippen molar-refractivity contribution in [3.05, 3.63) is 147 Å². The van der Waals surface area contributed by atoms with Crippen LogP contribution in [0.2, 0.25) is 0 Å². The highest BCUT2D eigenvalue weighted by molar-refractivity contribution is 6.08. The summed E-state index contributed by atoms with van der Waals surface area (Å²) >= 11 is 0. The van der Waals surface area contributed by atoms with E-state index in [1.807, 2.05) is 82.2 Å². The lowest BCUT2D eigenvalue weighted by atomic mass is 10.0. The lowest BCUT2D eigenvalue weighted by molar-refractivity contribution is 0.0240. The van der Waals surface area contributed by atoms with Gasteiger partial charge in [0, 0.05) is 152 Å². The number of carbonyl (C=O) groups excluding carboxylic acids is 1. The monoisotopic (exact) mass is 977 g/mol. The molecule has 10 heterocycles.